The first-order valence-electron chi connectivity index (χ1n) is 12.5. The molecule has 35 heavy (non-hydrogen) atoms. The lowest BCUT2D eigenvalue weighted by Gasteiger charge is -2.26. The number of rotatable bonds is 11. The van der Waals surface area contributed by atoms with E-state index in [1.165, 1.54) is 5.56 Å². The van der Waals surface area contributed by atoms with Crippen molar-refractivity contribution in [3.05, 3.63) is 70.3 Å². The number of nitrogens with zero attached hydrogens (tertiary/aromatic N) is 2. The first-order valence-corrected chi connectivity index (χ1v) is 12.5. The summed E-state index contributed by atoms with van der Waals surface area (Å²) < 4.78 is 5.84. The molecule has 2 aromatic carbocycles. The number of aliphatic hydroxyl groups excluding tert-OH is 1. The van der Waals surface area contributed by atoms with Gasteiger partial charge in [-0.25, -0.2) is 0 Å². The predicted octanol–water partition coefficient (Wildman–Crippen LogP) is 5.11. The van der Waals surface area contributed by atoms with Crippen LogP contribution in [0.3, 0.4) is 0 Å². The molecule has 1 amide bonds. The minimum atomic E-state index is -0.641. The smallest absolute Gasteiger partial charge is 0.295 e. The molecule has 1 saturated heterocycles. The van der Waals surface area contributed by atoms with Crippen LogP contribution in [0.4, 0.5) is 0 Å². The average Bonchev–Trinajstić information content (AvgIpc) is 3.09. The topological polar surface area (TPSA) is 70.1 Å². The maximum Gasteiger partial charge on any atom is 0.295 e. The summed E-state index contributed by atoms with van der Waals surface area (Å²) in [5.74, 6) is -0.596. The lowest BCUT2D eigenvalue weighted by Crippen LogP contribution is -2.32. The van der Waals surface area contributed by atoms with E-state index in [1.54, 1.807) is 11.0 Å². The van der Waals surface area contributed by atoms with E-state index in [1.807, 2.05) is 57.4 Å². The molecule has 0 aromatic heterocycles. The second-order valence-electron chi connectivity index (χ2n) is 9.43. The molecule has 1 aliphatic rings. The van der Waals surface area contributed by atoms with E-state index in [-0.39, 0.29) is 11.3 Å². The zero-order valence-corrected chi connectivity index (χ0v) is 21.6. The molecule has 1 fully saturated rings. The van der Waals surface area contributed by atoms with Crippen molar-refractivity contribution in [3.8, 4) is 5.75 Å². The highest BCUT2D eigenvalue weighted by Gasteiger charge is 2.45. The molecule has 6 nitrogen and oxygen atoms in total. The third kappa shape index (κ3) is 6.12. The summed E-state index contributed by atoms with van der Waals surface area (Å²) in [5.41, 5.74) is 3.51. The normalized spacial score (nSPS) is 17.4. The van der Waals surface area contributed by atoms with Gasteiger partial charge in [0, 0.05) is 12.1 Å². The number of hydrogen-bond donors (Lipinski definition) is 1. The Kier molecular flexibility index (Phi) is 9.10. The number of ketones is 1. The van der Waals surface area contributed by atoms with Crippen LogP contribution >= 0.6 is 0 Å². The van der Waals surface area contributed by atoms with E-state index in [4.69, 9.17) is 4.74 Å². The number of ether oxygens (including phenoxy) is 1. The van der Waals surface area contributed by atoms with E-state index >= 15 is 0 Å². The number of unbranched alkanes of at least 4 members (excludes halogenated alkanes) is 1. The van der Waals surface area contributed by atoms with Crippen LogP contribution in [0, 0.1) is 6.92 Å². The number of amides is 1. The molecule has 0 spiro atoms. The third-order valence-corrected chi connectivity index (χ3v) is 6.45. The lowest BCUT2D eigenvalue weighted by atomic mass is 9.94. The van der Waals surface area contributed by atoms with Crippen LogP contribution in [-0.2, 0) is 16.0 Å². The van der Waals surface area contributed by atoms with Crippen LogP contribution in [0.5, 0.6) is 5.75 Å². The average molecular weight is 479 g/mol. The third-order valence-electron chi connectivity index (χ3n) is 6.45. The Morgan fingerprint density at radius 3 is 2.37 bits per heavy atom. The Morgan fingerprint density at radius 2 is 1.77 bits per heavy atom. The molecule has 0 aliphatic carbocycles. The number of carbonyl (C=O) groups excluding carboxylic acids is 2. The summed E-state index contributed by atoms with van der Waals surface area (Å²) in [6.45, 7) is 7.97. The van der Waals surface area contributed by atoms with Gasteiger partial charge in [-0.05, 0) is 81.7 Å². The van der Waals surface area contributed by atoms with Crippen molar-refractivity contribution in [1.82, 2.24) is 9.80 Å². The van der Waals surface area contributed by atoms with Crippen molar-refractivity contribution >= 4 is 17.4 Å². The minimum absolute atomic E-state index is 0.142. The number of likely N-dealkylation sites (tertiary alicyclic amines) is 1. The van der Waals surface area contributed by atoms with E-state index in [9.17, 15) is 14.7 Å². The van der Waals surface area contributed by atoms with Gasteiger partial charge in [0.05, 0.1) is 18.2 Å². The van der Waals surface area contributed by atoms with E-state index in [0.29, 0.717) is 18.7 Å². The first kappa shape index (κ1) is 26.5. The number of aliphatic hydroxyl groups is 1. The summed E-state index contributed by atoms with van der Waals surface area (Å²) in [5, 5.41) is 11.3. The van der Waals surface area contributed by atoms with Crippen molar-refractivity contribution < 1.29 is 19.4 Å². The molecular formula is C29H38N2O4. The lowest BCUT2D eigenvalue weighted by molar-refractivity contribution is -0.139. The maximum atomic E-state index is 13.2. The highest BCUT2D eigenvalue weighted by atomic mass is 16.5. The molecule has 3 rings (SSSR count). The SMILES string of the molecule is CCCCOc1ccc(C(O)=C2C(=O)C(=O)N(CCCN(C)C)C2c2ccc(CC)cc2)cc1C. The van der Waals surface area contributed by atoms with Gasteiger partial charge in [0.1, 0.15) is 11.5 Å². The van der Waals surface area contributed by atoms with Crippen LogP contribution in [0.15, 0.2) is 48.0 Å². The van der Waals surface area contributed by atoms with Gasteiger partial charge in [0.15, 0.2) is 0 Å². The zero-order chi connectivity index (χ0) is 25.5. The fourth-order valence-electron chi connectivity index (χ4n) is 4.39. The van der Waals surface area contributed by atoms with Crippen LogP contribution in [0.25, 0.3) is 5.76 Å². The predicted molar refractivity (Wildman–Crippen MR) is 140 cm³/mol. The molecule has 1 N–H and O–H groups in total. The second-order valence-corrected chi connectivity index (χ2v) is 9.43. The second kappa shape index (κ2) is 12.0. The van der Waals surface area contributed by atoms with Gasteiger partial charge in [0.25, 0.3) is 11.7 Å². The number of benzene rings is 2. The molecule has 0 bridgehead atoms. The van der Waals surface area contributed by atoms with Gasteiger partial charge in [-0.15, -0.1) is 0 Å². The van der Waals surface area contributed by atoms with Gasteiger partial charge in [0.2, 0.25) is 0 Å². The summed E-state index contributed by atoms with van der Waals surface area (Å²) in [4.78, 5) is 30.0. The fraction of sp³-hybridized carbons (Fsp3) is 0.448. The van der Waals surface area contributed by atoms with E-state index in [2.05, 4.69) is 18.7 Å². The van der Waals surface area contributed by atoms with Crippen molar-refractivity contribution in [1.29, 1.82) is 0 Å². The molecule has 1 atom stereocenters. The largest absolute Gasteiger partial charge is 0.507 e. The Hall–Kier alpha value is -3.12. The van der Waals surface area contributed by atoms with Crippen LogP contribution in [0.2, 0.25) is 0 Å². The van der Waals surface area contributed by atoms with Gasteiger partial charge in [-0.2, -0.15) is 0 Å². The number of aryl methyl sites for hydroxylation is 2. The van der Waals surface area contributed by atoms with E-state index in [0.717, 1.165) is 49.1 Å². The van der Waals surface area contributed by atoms with Crippen molar-refractivity contribution in [2.75, 3.05) is 33.8 Å². The van der Waals surface area contributed by atoms with Gasteiger partial charge in [-0.1, -0.05) is 44.5 Å². The van der Waals surface area contributed by atoms with E-state index < -0.39 is 17.7 Å². The monoisotopic (exact) mass is 478 g/mol. The molecule has 1 aliphatic heterocycles. The highest BCUT2D eigenvalue weighted by Crippen LogP contribution is 2.40. The van der Waals surface area contributed by atoms with Crippen molar-refractivity contribution in [3.63, 3.8) is 0 Å². The molecular weight excluding hydrogens is 440 g/mol. The summed E-state index contributed by atoms with van der Waals surface area (Å²) in [6.07, 6.45) is 3.64. The number of hydrogen-bond acceptors (Lipinski definition) is 5. The van der Waals surface area contributed by atoms with Crippen molar-refractivity contribution in [2.45, 2.75) is 52.5 Å². The summed E-state index contributed by atoms with van der Waals surface area (Å²) in [7, 11) is 3.96. The molecule has 188 valence electrons. The Morgan fingerprint density at radius 1 is 1.06 bits per heavy atom. The van der Waals surface area contributed by atoms with Crippen LogP contribution in [-0.4, -0.2) is 60.4 Å². The van der Waals surface area contributed by atoms with Crippen molar-refractivity contribution in [2.24, 2.45) is 0 Å². The Balaban J connectivity index is 2.02. The Bertz CT molecular complexity index is 1070. The fourth-order valence-corrected chi connectivity index (χ4v) is 4.39. The van der Waals surface area contributed by atoms with Crippen LogP contribution < -0.4 is 4.74 Å². The first-order chi connectivity index (χ1) is 16.8. The number of Topliss-reactive ketones (excluding diaryl/α,β-unsaturated/α-hetero) is 1. The summed E-state index contributed by atoms with van der Waals surface area (Å²) in [6, 6.07) is 12.7. The van der Waals surface area contributed by atoms with Gasteiger partial charge >= 0.3 is 0 Å². The molecule has 1 heterocycles. The standard InChI is InChI=1S/C29H38N2O4/c1-6-8-18-35-24-15-14-23(19-20(24)3)27(32)25-26(22-12-10-21(7-2)11-13-22)31(29(34)28(25)33)17-9-16-30(4)5/h10-15,19,26,32H,6-9,16-18H2,1-5H3. The molecule has 0 saturated carbocycles. The molecule has 0 radical (unpaired) electrons. The molecule has 1 unspecified atom stereocenters. The van der Waals surface area contributed by atoms with Gasteiger partial charge < -0.3 is 19.6 Å². The van der Waals surface area contributed by atoms with Gasteiger partial charge in [-0.3, -0.25) is 9.59 Å². The maximum absolute atomic E-state index is 13.2. The van der Waals surface area contributed by atoms with Crippen LogP contribution in [0.1, 0.15) is 61.4 Å². The zero-order valence-electron chi connectivity index (χ0n) is 21.6. The summed E-state index contributed by atoms with van der Waals surface area (Å²) >= 11 is 0. The quantitative estimate of drug-likeness (QED) is 0.210. The molecule has 6 heteroatoms. The Labute approximate surface area is 209 Å². The molecule has 2 aromatic rings. The highest BCUT2D eigenvalue weighted by molar-refractivity contribution is 6.46. The number of carbonyl (C=O) groups is 2. The minimum Gasteiger partial charge on any atom is -0.507 e.